The van der Waals surface area contributed by atoms with Gasteiger partial charge >= 0.3 is 6.09 Å². The first-order valence-corrected chi connectivity index (χ1v) is 6.07. The third-order valence-electron chi connectivity index (χ3n) is 3.19. The van der Waals surface area contributed by atoms with Gasteiger partial charge in [0, 0.05) is 11.1 Å². The standard InChI is InChI=1S/C15H13NO3/c17-15(18)16-9-14-12-7-2-1-5-10(12)11-6-3-4-8-13(11)19-14/h1-8,14,16H,9H2,(H,17,18). The molecule has 0 saturated carbocycles. The summed E-state index contributed by atoms with van der Waals surface area (Å²) in [5.41, 5.74) is 3.15. The van der Waals surface area contributed by atoms with E-state index in [1.807, 2.05) is 48.5 Å². The molecule has 0 aliphatic carbocycles. The molecule has 1 aliphatic rings. The van der Waals surface area contributed by atoms with E-state index >= 15 is 0 Å². The van der Waals surface area contributed by atoms with E-state index < -0.39 is 6.09 Å². The van der Waals surface area contributed by atoms with E-state index in [0.717, 1.165) is 22.4 Å². The van der Waals surface area contributed by atoms with Gasteiger partial charge in [0.05, 0.1) is 6.54 Å². The Morgan fingerprint density at radius 3 is 2.58 bits per heavy atom. The summed E-state index contributed by atoms with van der Waals surface area (Å²) in [6.07, 6.45) is -1.33. The first kappa shape index (κ1) is 11.6. The molecular formula is C15H13NO3. The summed E-state index contributed by atoms with van der Waals surface area (Å²) in [5, 5.41) is 11.1. The second-order valence-corrected chi connectivity index (χ2v) is 4.38. The summed E-state index contributed by atoms with van der Waals surface area (Å²) in [5.74, 6) is 0.790. The van der Waals surface area contributed by atoms with Gasteiger partial charge in [-0.05, 0) is 11.6 Å². The summed E-state index contributed by atoms with van der Waals surface area (Å²) in [6.45, 7) is 0.237. The Hall–Kier alpha value is -2.49. The molecular weight excluding hydrogens is 242 g/mol. The van der Waals surface area contributed by atoms with E-state index in [0.29, 0.717) is 0 Å². The van der Waals surface area contributed by atoms with Crippen LogP contribution in [-0.2, 0) is 0 Å². The fraction of sp³-hybridized carbons (Fsp3) is 0.133. The van der Waals surface area contributed by atoms with Crippen LogP contribution in [0.3, 0.4) is 0 Å². The molecule has 0 aromatic heterocycles. The Kier molecular flexibility index (Phi) is 2.83. The van der Waals surface area contributed by atoms with Gasteiger partial charge in [-0.15, -0.1) is 0 Å². The molecule has 1 heterocycles. The van der Waals surface area contributed by atoms with Gasteiger partial charge in [0.15, 0.2) is 0 Å². The summed E-state index contributed by atoms with van der Waals surface area (Å²) in [4.78, 5) is 10.6. The molecule has 1 amide bonds. The van der Waals surface area contributed by atoms with E-state index in [1.54, 1.807) is 0 Å². The van der Waals surface area contributed by atoms with Crippen molar-refractivity contribution in [3.05, 3.63) is 54.1 Å². The van der Waals surface area contributed by atoms with Crippen molar-refractivity contribution in [2.75, 3.05) is 6.54 Å². The monoisotopic (exact) mass is 255 g/mol. The number of carbonyl (C=O) groups is 1. The minimum atomic E-state index is -1.04. The van der Waals surface area contributed by atoms with Crippen molar-refractivity contribution in [1.29, 1.82) is 0 Å². The maximum Gasteiger partial charge on any atom is 0.404 e. The van der Waals surface area contributed by atoms with E-state index in [4.69, 9.17) is 9.84 Å². The fourth-order valence-corrected chi connectivity index (χ4v) is 2.36. The number of benzene rings is 2. The quantitative estimate of drug-likeness (QED) is 0.867. The number of amides is 1. The van der Waals surface area contributed by atoms with Gasteiger partial charge in [-0.1, -0.05) is 42.5 Å². The molecule has 0 fully saturated rings. The lowest BCUT2D eigenvalue weighted by molar-refractivity contribution is 0.171. The van der Waals surface area contributed by atoms with Gasteiger partial charge in [-0.2, -0.15) is 0 Å². The predicted octanol–water partition coefficient (Wildman–Crippen LogP) is 3.05. The van der Waals surface area contributed by atoms with Crippen LogP contribution < -0.4 is 10.1 Å². The van der Waals surface area contributed by atoms with Crippen LogP contribution in [0.25, 0.3) is 11.1 Å². The van der Waals surface area contributed by atoms with Gasteiger partial charge in [0.2, 0.25) is 0 Å². The van der Waals surface area contributed by atoms with Crippen LogP contribution in [0.4, 0.5) is 4.79 Å². The maximum absolute atomic E-state index is 10.6. The number of hydrogen-bond donors (Lipinski definition) is 2. The maximum atomic E-state index is 10.6. The van der Waals surface area contributed by atoms with Crippen molar-refractivity contribution in [2.45, 2.75) is 6.10 Å². The molecule has 0 radical (unpaired) electrons. The van der Waals surface area contributed by atoms with Crippen LogP contribution in [0.1, 0.15) is 11.7 Å². The van der Waals surface area contributed by atoms with Crippen LogP contribution >= 0.6 is 0 Å². The molecule has 1 unspecified atom stereocenters. The van der Waals surface area contributed by atoms with Crippen molar-refractivity contribution in [2.24, 2.45) is 0 Å². The number of ether oxygens (including phenoxy) is 1. The van der Waals surface area contributed by atoms with Gasteiger partial charge in [0.25, 0.3) is 0 Å². The van der Waals surface area contributed by atoms with Crippen molar-refractivity contribution in [3.8, 4) is 16.9 Å². The third kappa shape index (κ3) is 2.12. The van der Waals surface area contributed by atoms with Crippen molar-refractivity contribution in [1.82, 2.24) is 5.32 Å². The first-order valence-electron chi connectivity index (χ1n) is 6.07. The lowest BCUT2D eigenvalue weighted by Gasteiger charge is -2.28. The van der Waals surface area contributed by atoms with Crippen LogP contribution in [0, 0.1) is 0 Å². The smallest absolute Gasteiger partial charge is 0.404 e. The number of fused-ring (bicyclic) bond motifs is 3. The molecule has 0 bridgehead atoms. The highest BCUT2D eigenvalue weighted by molar-refractivity contribution is 5.75. The Balaban J connectivity index is 2.01. The average molecular weight is 255 g/mol. The van der Waals surface area contributed by atoms with Crippen molar-refractivity contribution in [3.63, 3.8) is 0 Å². The fourth-order valence-electron chi connectivity index (χ4n) is 2.36. The molecule has 0 spiro atoms. The van der Waals surface area contributed by atoms with E-state index in [1.165, 1.54) is 0 Å². The second-order valence-electron chi connectivity index (χ2n) is 4.38. The van der Waals surface area contributed by atoms with Gasteiger partial charge in [-0.25, -0.2) is 4.79 Å². The van der Waals surface area contributed by atoms with Gasteiger partial charge < -0.3 is 15.2 Å². The average Bonchev–Trinajstić information content (AvgIpc) is 2.44. The van der Waals surface area contributed by atoms with Crippen LogP contribution in [0.2, 0.25) is 0 Å². The number of rotatable bonds is 2. The Morgan fingerprint density at radius 1 is 1.11 bits per heavy atom. The minimum absolute atomic E-state index is 0.237. The molecule has 4 heteroatoms. The van der Waals surface area contributed by atoms with E-state index in [-0.39, 0.29) is 12.6 Å². The lowest BCUT2D eigenvalue weighted by atomic mass is 9.93. The number of carboxylic acid groups (broad SMARTS) is 1. The first-order chi connectivity index (χ1) is 9.25. The molecule has 96 valence electrons. The molecule has 1 atom stereocenters. The summed E-state index contributed by atoms with van der Waals surface area (Å²) in [7, 11) is 0. The normalized spacial score (nSPS) is 15.9. The van der Waals surface area contributed by atoms with Crippen LogP contribution in [-0.4, -0.2) is 17.7 Å². The van der Waals surface area contributed by atoms with Gasteiger partial charge in [-0.3, -0.25) is 0 Å². The number of hydrogen-bond acceptors (Lipinski definition) is 2. The SMILES string of the molecule is O=C(O)NCC1Oc2ccccc2-c2ccccc21. The molecule has 4 nitrogen and oxygen atoms in total. The molecule has 1 aliphatic heterocycles. The molecule has 2 N–H and O–H groups in total. The largest absolute Gasteiger partial charge is 0.483 e. The molecule has 2 aromatic rings. The lowest BCUT2D eigenvalue weighted by Crippen LogP contribution is -2.30. The summed E-state index contributed by atoms with van der Waals surface area (Å²) in [6, 6.07) is 15.7. The zero-order valence-corrected chi connectivity index (χ0v) is 10.2. The molecule has 3 rings (SSSR count). The number of para-hydroxylation sites is 1. The Bertz CT molecular complexity index is 624. The zero-order chi connectivity index (χ0) is 13.2. The van der Waals surface area contributed by atoms with Crippen molar-refractivity contribution < 1.29 is 14.6 Å². The Labute approximate surface area is 110 Å². The zero-order valence-electron chi connectivity index (χ0n) is 10.2. The highest BCUT2D eigenvalue weighted by Crippen LogP contribution is 2.41. The minimum Gasteiger partial charge on any atom is -0.483 e. The highest BCUT2D eigenvalue weighted by Gasteiger charge is 2.25. The van der Waals surface area contributed by atoms with Crippen LogP contribution in [0.5, 0.6) is 5.75 Å². The second kappa shape index (κ2) is 4.65. The van der Waals surface area contributed by atoms with Gasteiger partial charge in [0.1, 0.15) is 11.9 Å². The van der Waals surface area contributed by atoms with Crippen LogP contribution in [0.15, 0.2) is 48.5 Å². The topological polar surface area (TPSA) is 58.6 Å². The molecule has 0 saturated heterocycles. The Morgan fingerprint density at radius 2 is 1.79 bits per heavy atom. The predicted molar refractivity (Wildman–Crippen MR) is 71.3 cm³/mol. The molecule has 2 aromatic carbocycles. The number of nitrogens with one attached hydrogen (secondary N) is 1. The van der Waals surface area contributed by atoms with E-state index in [2.05, 4.69) is 5.32 Å². The summed E-state index contributed by atoms with van der Waals surface area (Å²) < 4.78 is 5.88. The third-order valence-corrected chi connectivity index (χ3v) is 3.19. The van der Waals surface area contributed by atoms with Crippen molar-refractivity contribution >= 4 is 6.09 Å². The van der Waals surface area contributed by atoms with E-state index in [9.17, 15) is 4.79 Å². The molecule has 19 heavy (non-hydrogen) atoms. The summed E-state index contributed by atoms with van der Waals surface area (Å²) >= 11 is 0. The highest BCUT2D eigenvalue weighted by atomic mass is 16.5.